The van der Waals surface area contributed by atoms with E-state index in [1.807, 2.05) is 0 Å². The second-order valence-electron chi connectivity index (χ2n) is 4.67. The molecule has 0 bridgehead atoms. The number of nitrogens with one attached hydrogen (secondary N) is 1. The third-order valence-electron chi connectivity index (χ3n) is 3.23. The lowest BCUT2D eigenvalue weighted by molar-refractivity contribution is 0.369. The van der Waals surface area contributed by atoms with Gasteiger partial charge in [-0.25, -0.2) is 4.99 Å². The SMILES string of the molecule is CCC(C)NC(N)=NCc1c(OC)cc(OC)cc1OC. The molecule has 21 heavy (non-hydrogen) atoms. The van der Waals surface area contributed by atoms with Gasteiger partial charge in [0.1, 0.15) is 17.2 Å². The molecule has 1 unspecified atom stereocenters. The van der Waals surface area contributed by atoms with Crippen LogP contribution in [0.3, 0.4) is 0 Å². The molecule has 0 heterocycles. The second-order valence-corrected chi connectivity index (χ2v) is 4.67. The molecule has 6 nitrogen and oxygen atoms in total. The van der Waals surface area contributed by atoms with Gasteiger partial charge in [0.25, 0.3) is 0 Å². The number of aliphatic imine (C=N–C) groups is 1. The van der Waals surface area contributed by atoms with Gasteiger partial charge in [0.2, 0.25) is 0 Å². The zero-order valence-electron chi connectivity index (χ0n) is 13.4. The lowest BCUT2D eigenvalue weighted by atomic mass is 10.1. The molecule has 1 aromatic rings. The minimum atomic E-state index is 0.286. The Morgan fingerprint density at radius 1 is 1.19 bits per heavy atom. The van der Waals surface area contributed by atoms with Crippen LogP contribution in [0.5, 0.6) is 17.2 Å². The predicted octanol–water partition coefficient (Wildman–Crippen LogP) is 1.92. The van der Waals surface area contributed by atoms with Gasteiger partial charge in [0.05, 0.1) is 33.4 Å². The summed E-state index contributed by atoms with van der Waals surface area (Å²) in [6.07, 6.45) is 0.978. The zero-order valence-corrected chi connectivity index (χ0v) is 13.4. The van der Waals surface area contributed by atoms with Crippen LogP contribution < -0.4 is 25.3 Å². The van der Waals surface area contributed by atoms with Crippen LogP contribution in [0.25, 0.3) is 0 Å². The van der Waals surface area contributed by atoms with Gasteiger partial charge in [0, 0.05) is 18.2 Å². The molecule has 1 rings (SSSR count). The zero-order chi connectivity index (χ0) is 15.8. The third-order valence-corrected chi connectivity index (χ3v) is 3.23. The highest BCUT2D eigenvalue weighted by Crippen LogP contribution is 2.34. The van der Waals surface area contributed by atoms with Crippen LogP contribution in [-0.2, 0) is 6.54 Å². The maximum absolute atomic E-state index is 5.87. The van der Waals surface area contributed by atoms with Crippen molar-refractivity contribution >= 4 is 5.96 Å². The summed E-state index contributed by atoms with van der Waals surface area (Å²) in [5.41, 5.74) is 6.70. The van der Waals surface area contributed by atoms with E-state index in [0.29, 0.717) is 29.8 Å². The summed E-state index contributed by atoms with van der Waals surface area (Å²) < 4.78 is 16.0. The van der Waals surface area contributed by atoms with E-state index in [1.54, 1.807) is 33.5 Å². The molecule has 0 saturated carbocycles. The largest absolute Gasteiger partial charge is 0.496 e. The smallest absolute Gasteiger partial charge is 0.189 e. The minimum Gasteiger partial charge on any atom is -0.496 e. The minimum absolute atomic E-state index is 0.286. The second kappa shape index (κ2) is 8.24. The molecule has 0 aliphatic heterocycles. The predicted molar refractivity (Wildman–Crippen MR) is 84.3 cm³/mol. The molecule has 118 valence electrons. The fourth-order valence-electron chi connectivity index (χ4n) is 1.80. The van der Waals surface area contributed by atoms with Crippen LogP contribution in [0.1, 0.15) is 25.8 Å². The van der Waals surface area contributed by atoms with Gasteiger partial charge < -0.3 is 25.3 Å². The Kier molecular flexibility index (Phi) is 6.65. The first-order valence-corrected chi connectivity index (χ1v) is 6.91. The number of ether oxygens (including phenoxy) is 3. The Morgan fingerprint density at radius 2 is 1.76 bits per heavy atom. The van der Waals surface area contributed by atoms with E-state index in [9.17, 15) is 0 Å². The van der Waals surface area contributed by atoms with Crippen molar-refractivity contribution in [3.8, 4) is 17.2 Å². The Balaban J connectivity index is 2.98. The van der Waals surface area contributed by atoms with Crippen LogP contribution in [-0.4, -0.2) is 33.3 Å². The summed E-state index contributed by atoms with van der Waals surface area (Å²) in [6.45, 7) is 4.50. The van der Waals surface area contributed by atoms with E-state index in [1.165, 1.54) is 0 Å². The van der Waals surface area contributed by atoms with Gasteiger partial charge in [0.15, 0.2) is 5.96 Å². The first-order valence-electron chi connectivity index (χ1n) is 6.91. The van der Waals surface area contributed by atoms with E-state index >= 15 is 0 Å². The molecule has 1 atom stereocenters. The molecule has 0 fully saturated rings. The summed E-state index contributed by atoms with van der Waals surface area (Å²) in [4.78, 5) is 4.34. The highest BCUT2D eigenvalue weighted by atomic mass is 16.5. The van der Waals surface area contributed by atoms with E-state index in [-0.39, 0.29) is 6.04 Å². The fraction of sp³-hybridized carbons (Fsp3) is 0.533. The Bertz CT molecular complexity index is 464. The van der Waals surface area contributed by atoms with Gasteiger partial charge in [-0.05, 0) is 13.3 Å². The number of hydrogen-bond donors (Lipinski definition) is 2. The number of methoxy groups -OCH3 is 3. The van der Waals surface area contributed by atoms with E-state index in [4.69, 9.17) is 19.9 Å². The highest BCUT2D eigenvalue weighted by Gasteiger charge is 2.13. The first-order chi connectivity index (χ1) is 10.0. The van der Waals surface area contributed by atoms with Crippen LogP contribution in [0, 0.1) is 0 Å². The molecular formula is C15H25N3O3. The molecule has 0 radical (unpaired) electrons. The molecule has 0 amide bonds. The summed E-state index contributed by atoms with van der Waals surface area (Å²) >= 11 is 0. The molecular weight excluding hydrogens is 270 g/mol. The Hall–Kier alpha value is -2.11. The Morgan fingerprint density at radius 3 is 2.19 bits per heavy atom. The van der Waals surface area contributed by atoms with E-state index in [2.05, 4.69) is 24.2 Å². The van der Waals surface area contributed by atoms with Crippen molar-refractivity contribution in [3.63, 3.8) is 0 Å². The lowest BCUT2D eigenvalue weighted by Crippen LogP contribution is -2.38. The van der Waals surface area contributed by atoms with Crippen molar-refractivity contribution in [1.82, 2.24) is 5.32 Å². The Labute approximate surface area is 126 Å². The van der Waals surface area contributed by atoms with Crippen LogP contribution in [0.4, 0.5) is 0 Å². The normalized spacial score (nSPS) is 12.7. The van der Waals surface area contributed by atoms with Gasteiger partial charge >= 0.3 is 0 Å². The molecule has 3 N–H and O–H groups in total. The van der Waals surface area contributed by atoms with E-state index < -0.39 is 0 Å². The van der Waals surface area contributed by atoms with E-state index in [0.717, 1.165) is 12.0 Å². The maximum atomic E-state index is 5.87. The van der Waals surface area contributed by atoms with Crippen molar-refractivity contribution in [2.45, 2.75) is 32.9 Å². The van der Waals surface area contributed by atoms with Crippen molar-refractivity contribution in [2.75, 3.05) is 21.3 Å². The van der Waals surface area contributed by atoms with Crippen molar-refractivity contribution in [1.29, 1.82) is 0 Å². The molecule has 0 saturated heterocycles. The summed E-state index contributed by atoms with van der Waals surface area (Å²) in [6, 6.07) is 3.88. The lowest BCUT2D eigenvalue weighted by Gasteiger charge is -2.15. The molecule has 0 aliphatic rings. The number of benzene rings is 1. The van der Waals surface area contributed by atoms with Gasteiger partial charge in [-0.1, -0.05) is 6.92 Å². The topological polar surface area (TPSA) is 78.1 Å². The average Bonchev–Trinajstić information content (AvgIpc) is 2.51. The number of guanidine groups is 1. The summed E-state index contributed by atoms with van der Waals surface area (Å²) in [7, 11) is 4.80. The maximum Gasteiger partial charge on any atom is 0.189 e. The number of hydrogen-bond acceptors (Lipinski definition) is 4. The van der Waals surface area contributed by atoms with Crippen molar-refractivity contribution < 1.29 is 14.2 Å². The molecule has 1 aromatic carbocycles. The fourth-order valence-corrected chi connectivity index (χ4v) is 1.80. The van der Waals surface area contributed by atoms with Crippen molar-refractivity contribution in [3.05, 3.63) is 17.7 Å². The highest BCUT2D eigenvalue weighted by molar-refractivity contribution is 5.78. The number of nitrogens with zero attached hydrogens (tertiary/aromatic N) is 1. The molecule has 0 spiro atoms. The van der Waals surface area contributed by atoms with Gasteiger partial charge in [-0.15, -0.1) is 0 Å². The number of rotatable bonds is 7. The molecule has 6 heteroatoms. The third kappa shape index (κ3) is 4.73. The summed E-state index contributed by atoms with van der Waals surface area (Å²) in [5, 5.41) is 3.12. The molecule has 0 aliphatic carbocycles. The molecule has 0 aromatic heterocycles. The summed E-state index contributed by atoms with van der Waals surface area (Å²) in [5.74, 6) is 2.39. The first kappa shape index (κ1) is 16.9. The quantitative estimate of drug-likeness (QED) is 0.593. The monoisotopic (exact) mass is 295 g/mol. The standard InChI is InChI=1S/C15H25N3O3/c1-6-10(2)18-15(16)17-9-12-13(20-4)7-11(19-3)8-14(12)21-5/h7-8,10H,6,9H2,1-5H3,(H3,16,17,18). The van der Waals surface area contributed by atoms with Gasteiger partial charge in [-0.2, -0.15) is 0 Å². The van der Waals surface area contributed by atoms with Crippen molar-refractivity contribution in [2.24, 2.45) is 10.7 Å². The van der Waals surface area contributed by atoms with Gasteiger partial charge in [-0.3, -0.25) is 0 Å². The van der Waals surface area contributed by atoms with Crippen LogP contribution in [0.15, 0.2) is 17.1 Å². The average molecular weight is 295 g/mol. The van der Waals surface area contributed by atoms with Crippen LogP contribution in [0.2, 0.25) is 0 Å². The number of nitrogens with two attached hydrogens (primary N) is 1. The van der Waals surface area contributed by atoms with Crippen LogP contribution >= 0.6 is 0 Å².